The van der Waals surface area contributed by atoms with Gasteiger partial charge in [0.15, 0.2) is 0 Å². The van der Waals surface area contributed by atoms with Crippen LogP contribution in [0.15, 0.2) is 24.3 Å². The fraction of sp³-hybridized carbons (Fsp3) is 0.898. The molecule has 1 aromatic rings. The van der Waals surface area contributed by atoms with E-state index in [1.165, 1.54) is 140 Å². The van der Waals surface area contributed by atoms with E-state index in [4.69, 9.17) is 9.47 Å². The van der Waals surface area contributed by atoms with Crippen molar-refractivity contribution in [2.24, 2.45) is 59.2 Å². The fourth-order valence-electron chi connectivity index (χ4n) is 8.37. The van der Waals surface area contributed by atoms with Crippen molar-refractivity contribution in [3.8, 4) is 0 Å². The van der Waals surface area contributed by atoms with Gasteiger partial charge in [-0.1, -0.05) is 244 Å². The van der Waals surface area contributed by atoms with E-state index in [1.807, 2.05) is 0 Å². The van der Waals surface area contributed by atoms with Gasteiger partial charge in [0.1, 0.15) is 0 Å². The van der Waals surface area contributed by atoms with Crippen LogP contribution in [-0.4, -0.2) is 25.4 Å². The summed E-state index contributed by atoms with van der Waals surface area (Å²) >= 11 is 0. The van der Waals surface area contributed by atoms with Crippen LogP contribution in [0, 0.1) is 73.0 Å². The molecule has 0 radical (unpaired) electrons. The van der Waals surface area contributed by atoms with Crippen LogP contribution in [0.4, 0.5) is 0 Å². The molecule has 2 heterocycles. The molecule has 376 valence electrons. The van der Waals surface area contributed by atoms with Crippen molar-refractivity contribution < 1.29 is 13.8 Å². The predicted molar refractivity (Wildman–Crippen MR) is 291 cm³/mol. The third kappa shape index (κ3) is 40.4. The quantitative estimate of drug-likeness (QED) is 0.259. The third-order valence-corrected chi connectivity index (χ3v) is 13.9. The van der Waals surface area contributed by atoms with Crippen LogP contribution in [0.25, 0.3) is 0 Å². The second-order valence-electron chi connectivity index (χ2n) is 21.3. The Hall–Kier alpha value is -0.860. The summed E-state index contributed by atoms with van der Waals surface area (Å²) in [6.45, 7) is 33.8. The molecule has 4 saturated carbocycles. The number of rotatable bonds is 0. The molecule has 4 aliphatic carbocycles. The minimum atomic E-state index is 0. The first-order chi connectivity index (χ1) is 26.5. The van der Waals surface area contributed by atoms with Gasteiger partial charge in [-0.3, -0.25) is 0 Å². The molecule has 1 aromatic carbocycles. The predicted octanol–water partition coefficient (Wildman–Crippen LogP) is 21.2. The van der Waals surface area contributed by atoms with E-state index in [-0.39, 0.29) is 41.4 Å². The Kier molecular flexibility index (Phi) is 47.4. The average molecular weight is 871 g/mol. The molecule has 2 heteroatoms. The zero-order valence-electron chi connectivity index (χ0n) is 40.6. The number of aryl methyl sites for hydroxylation is 2. The van der Waals surface area contributed by atoms with Crippen molar-refractivity contribution in [1.29, 1.82) is 0 Å². The SMILES string of the molecule is C.C.C.C.C.CC1CCC(C)CC1.CC1CCC(C)CC1.CC1CCC(C)CC1.CC1CCC(C)CC1.CC1CCC(C)OC1.CC1CCC(C)OC1.Cc1ccc(C)cc1.[2HH].[HH].[HH]. The monoisotopic (exact) mass is 870 g/mol. The molecule has 61 heavy (non-hydrogen) atoms. The average Bonchev–Trinajstić information content (AvgIpc) is 3.18. The van der Waals surface area contributed by atoms with Gasteiger partial charge >= 0.3 is 0 Å². The lowest BCUT2D eigenvalue weighted by atomic mass is 9.84. The highest BCUT2D eigenvalue weighted by Crippen LogP contribution is 2.29. The molecule has 6 fully saturated rings. The summed E-state index contributed by atoms with van der Waals surface area (Å²) in [5, 5.41) is 0. The zero-order chi connectivity index (χ0) is 41.9. The molecule has 0 N–H and O–H groups in total. The summed E-state index contributed by atoms with van der Waals surface area (Å²) in [6, 6.07) is 8.48. The Morgan fingerprint density at radius 2 is 0.443 bits per heavy atom. The maximum Gasteiger partial charge on any atom is 0.0547 e. The molecular formula is C59H128O2. The van der Waals surface area contributed by atoms with E-state index >= 15 is 0 Å². The van der Waals surface area contributed by atoms with Gasteiger partial charge in [0.05, 0.1) is 12.2 Å². The van der Waals surface area contributed by atoms with Crippen molar-refractivity contribution in [2.45, 2.75) is 275 Å². The molecule has 0 amide bonds. The van der Waals surface area contributed by atoms with Crippen LogP contribution < -0.4 is 0 Å². The van der Waals surface area contributed by atoms with Gasteiger partial charge in [-0.2, -0.15) is 0 Å². The van der Waals surface area contributed by atoms with Gasteiger partial charge in [0.25, 0.3) is 0 Å². The van der Waals surface area contributed by atoms with Crippen LogP contribution in [0.2, 0.25) is 0 Å². The molecule has 0 spiro atoms. The van der Waals surface area contributed by atoms with Crippen LogP contribution in [-0.2, 0) is 9.47 Å². The Balaban J connectivity index is -0.0000000933. The number of benzene rings is 1. The van der Waals surface area contributed by atoms with Crippen molar-refractivity contribution in [2.75, 3.05) is 13.2 Å². The zero-order valence-corrected chi connectivity index (χ0v) is 40.6. The highest BCUT2D eigenvalue weighted by molar-refractivity contribution is 5.19. The van der Waals surface area contributed by atoms with Crippen LogP contribution in [0.3, 0.4) is 0 Å². The van der Waals surface area contributed by atoms with E-state index in [9.17, 15) is 0 Å². The molecule has 4 unspecified atom stereocenters. The normalized spacial score (nSPS) is 32.5. The van der Waals surface area contributed by atoms with E-state index in [0.29, 0.717) is 12.2 Å². The Morgan fingerprint density at radius 3 is 0.557 bits per heavy atom. The lowest BCUT2D eigenvalue weighted by Crippen LogP contribution is -2.21. The second kappa shape index (κ2) is 41.8. The van der Waals surface area contributed by atoms with Crippen LogP contribution >= 0.6 is 0 Å². The Morgan fingerprint density at radius 1 is 0.295 bits per heavy atom. The largest absolute Gasteiger partial charge is 0.378 e. The first-order valence-corrected chi connectivity index (χ1v) is 24.8. The smallest absolute Gasteiger partial charge is 0.0547 e. The summed E-state index contributed by atoms with van der Waals surface area (Å²) in [5.41, 5.74) is 2.66. The van der Waals surface area contributed by atoms with E-state index < -0.39 is 0 Å². The second-order valence-corrected chi connectivity index (χ2v) is 21.3. The lowest BCUT2D eigenvalue weighted by Gasteiger charge is -2.23. The van der Waals surface area contributed by atoms with E-state index in [1.54, 1.807) is 0 Å². The minimum Gasteiger partial charge on any atom is -0.378 e. The molecule has 0 aromatic heterocycles. The molecule has 0 bridgehead atoms. The molecule has 6 aliphatic rings. The molecule has 2 aliphatic heterocycles. The van der Waals surface area contributed by atoms with Crippen LogP contribution in [0.1, 0.15) is 264 Å². The van der Waals surface area contributed by atoms with Gasteiger partial charge in [-0.25, -0.2) is 0 Å². The van der Waals surface area contributed by atoms with Crippen molar-refractivity contribution in [1.82, 2.24) is 0 Å². The Labute approximate surface area is 394 Å². The topological polar surface area (TPSA) is 18.5 Å². The fourth-order valence-corrected chi connectivity index (χ4v) is 8.37. The van der Waals surface area contributed by atoms with Gasteiger partial charge in [0, 0.05) is 17.5 Å². The van der Waals surface area contributed by atoms with Crippen molar-refractivity contribution in [3.05, 3.63) is 35.4 Å². The summed E-state index contributed by atoms with van der Waals surface area (Å²) in [5.74, 6) is 9.75. The van der Waals surface area contributed by atoms with E-state index in [2.05, 4.69) is 121 Å². The highest BCUT2D eigenvalue weighted by atomic mass is 16.5. The maximum absolute atomic E-state index is 5.39. The van der Waals surface area contributed by atoms with Crippen molar-refractivity contribution >= 4 is 0 Å². The van der Waals surface area contributed by atoms with Crippen molar-refractivity contribution in [3.63, 3.8) is 0 Å². The summed E-state index contributed by atoms with van der Waals surface area (Å²) in [6.07, 6.45) is 29.8. The molecule has 4 atom stereocenters. The molecule has 7 rings (SSSR count). The summed E-state index contributed by atoms with van der Waals surface area (Å²) < 4.78 is 10.8. The number of ether oxygens (including phenoxy) is 2. The highest BCUT2D eigenvalue weighted by Gasteiger charge is 2.16. The first kappa shape index (κ1) is 69.2. The molecule has 2 nitrogen and oxygen atoms in total. The number of hydrogen-bond donors (Lipinski definition) is 0. The van der Waals surface area contributed by atoms with Gasteiger partial charge < -0.3 is 9.47 Å². The third-order valence-electron chi connectivity index (χ3n) is 13.9. The van der Waals surface area contributed by atoms with Gasteiger partial charge in [-0.15, -0.1) is 0 Å². The summed E-state index contributed by atoms with van der Waals surface area (Å²) in [7, 11) is 0. The van der Waals surface area contributed by atoms with Gasteiger partial charge in [-0.05, 0) is 113 Å². The molecule has 2 saturated heterocycles. The first-order valence-electron chi connectivity index (χ1n) is 24.8. The standard InChI is InChI=1S/4C8H16.C8H10.2C7H14O.5CH4.3H2/c5*1-7-3-5-8(2)6-4-7;2*1-6-3-4-7(2)8-5-6;;;;;;;;/h4*7-8H,3-6H2,1-2H3;3-6H,1-2H3;2*6-7H,3-5H2,1-2H3;5*1H4;3*1H/i;;;;;;;;;;;;1+1;;. The lowest BCUT2D eigenvalue weighted by molar-refractivity contribution is 0.000174. The van der Waals surface area contributed by atoms with Crippen LogP contribution in [0.5, 0.6) is 0 Å². The molecular weight excluding hydrogens is 741 g/mol. The minimum absolute atomic E-state index is 0. The number of hydrogen-bond acceptors (Lipinski definition) is 2. The maximum atomic E-state index is 5.39. The Bertz CT molecular complexity index is 751. The van der Waals surface area contributed by atoms with Gasteiger partial charge in [0.2, 0.25) is 0 Å². The summed E-state index contributed by atoms with van der Waals surface area (Å²) in [4.78, 5) is 0. The van der Waals surface area contributed by atoms with E-state index in [0.717, 1.165) is 72.4 Å².